The minimum absolute atomic E-state index is 0.941. The molecule has 0 fully saturated rings. The van der Waals surface area contributed by atoms with Crippen LogP contribution >= 0.6 is 23.1 Å². The van der Waals surface area contributed by atoms with Crippen molar-refractivity contribution in [3.63, 3.8) is 0 Å². The number of aromatic nitrogens is 2. The third-order valence-corrected chi connectivity index (χ3v) is 6.13. The van der Waals surface area contributed by atoms with Crippen LogP contribution in [0.3, 0.4) is 0 Å². The molecule has 2 nitrogen and oxygen atoms in total. The molecular weight excluding hydrogens is 320 g/mol. The third kappa shape index (κ3) is 2.80. The highest BCUT2D eigenvalue weighted by Crippen LogP contribution is 2.36. The molecular formula is C19H16N2S2. The lowest BCUT2D eigenvalue weighted by atomic mass is 10.0. The molecule has 114 valence electrons. The minimum atomic E-state index is 0.941. The molecule has 0 spiro atoms. The van der Waals surface area contributed by atoms with Gasteiger partial charge in [0, 0.05) is 28.2 Å². The topological polar surface area (TPSA) is 28.7 Å². The van der Waals surface area contributed by atoms with Gasteiger partial charge in [-0.2, -0.15) is 0 Å². The molecule has 0 atom stereocenters. The highest BCUT2D eigenvalue weighted by atomic mass is 32.2. The first-order valence-electron chi connectivity index (χ1n) is 7.47. The minimum Gasteiger partial charge on any atom is -0.345 e. The molecule has 3 aromatic heterocycles. The summed E-state index contributed by atoms with van der Waals surface area (Å²) in [6.07, 6.45) is 3.99. The second-order valence-corrected chi connectivity index (χ2v) is 7.90. The van der Waals surface area contributed by atoms with Crippen molar-refractivity contribution >= 4 is 34.1 Å². The number of benzene rings is 1. The molecule has 0 saturated carbocycles. The predicted molar refractivity (Wildman–Crippen MR) is 99.4 cm³/mol. The van der Waals surface area contributed by atoms with E-state index in [9.17, 15) is 0 Å². The van der Waals surface area contributed by atoms with Crippen LogP contribution in [0.4, 0.5) is 0 Å². The number of nitrogens with one attached hydrogen (secondary N) is 1. The first kappa shape index (κ1) is 14.5. The van der Waals surface area contributed by atoms with Crippen LogP contribution in [0.15, 0.2) is 63.3 Å². The maximum Gasteiger partial charge on any atom is 0.138 e. The summed E-state index contributed by atoms with van der Waals surface area (Å²) in [6.45, 7) is 4.29. The number of hydrogen-bond donors (Lipinski definition) is 1. The van der Waals surface area contributed by atoms with Gasteiger partial charge in [0.2, 0.25) is 0 Å². The van der Waals surface area contributed by atoms with Gasteiger partial charge in [0.1, 0.15) is 5.65 Å². The second kappa shape index (κ2) is 5.87. The number of rotatable bonds is 3. The van der Waals surface area contributed by atoms with Gasteiger partial charge in [-0.1, -0.05) is 36.0 Å². The Morgan fingerprint density at radius 3 is 2.74 bits per heavy atom. The van der Waals surface area contributed by atoms with Gasteiger partial charge in [-0.15, -0.1) is 11.3 Å². The Kier molecular flexibility index (Phi) is 3.71. The Bertz CT molecular complexity index is 968. The van der Waals surface area contributed by atoms with Crippen LogP contribution in [0.5, 0.6) is 0 Å². The average molecular weight is 336 g/mol. The average Bonchev–Trinajstić information content (AvgIpc) is 3.20. The van der Waals surface area contributed by atoms with Crippen LogP contribution in [0.1, 0.15) is 11.1 Å². The van der Waals surface area contributed by atoms with Crippen LogP contribution in [0, 0.1) is 13.8 Å². The van der Waals surface area contributed by atoms with Gasteiger partial charge in [-0.3, -0.25) is 0 Å². The highest BCUT2D eigenvalue weighted by Gasteiger charge is 2.09. The van der Waals surface area contributed by atoms with Crippen molar-refractivity contribution in [3.8, 4) is 11.1 Å². The molecule has 0 amide bonds. The molecule has 3 heterocycles. The summed E-state index contributed by atoms with van der Waals surface area (Å²) in [5, 5.41) is 3.29. The highest BCUT2D eigenvalue weighted by molar-refractivity contribution is 8.01. The molecule has 0 saturated heterocycles. The van der Waals surface area contributed by atoms with Crippen molar-refractivity contribution in [1.29, 1.82) is 0 Å². The second-order valence-electron chi connectivity index (χ2n) is 5.61. The Morgan fingerprint density at radius 1 is 1.04 bits per heavy atom. The number of fused-ring (bicyclic) bond motifs is 1. The SMILES string of the molecule is Cc1ccc(-c2cnc3[nH]cc(Sc4cccs4)c3c2)cc1C. The number of pyridine rings is 1. The quantitative estimate of drug-likeness (QED) is 0.492. The van der Waals surface area contributed by atoms with Crippen molar-refractivity contribution in [2.75, 3.05) is 0 Å². The lowest BCUT2D eigenvalue weighted by molar-refractivity contribution is 1.31. The molecule has 1 N–H and O–H groups in total. The van der Waals surface area contributed by atoms with Crippen LogP contribution < -0.4 is 0 Å². The smallest absolute Gasteiger partial charge is 0.138 e. The lowest BCUT2D eigenvalue weighted by Crippen LogP contribution is -1.85. The van der Waals surface area contributed by atoms with Gasteiger partial charge in [-0.05, 0) is 48.1 Å². The van der Waals surface area contributed by atoms with Crippen molar-refractivity contribution in [2.45, 2.75) is 23.0 Å². The first-order chi connectivity index (χ1) is 11.2. The summed E-state index contributed by atoms with van der Waals surface area (Å²) in [4.78, 5) is 9.09. The van der Waals surface area contributed by atoms with E-state index in [-0.39, 0.29) is 0 Å². The number of thiophene rings is 1. The maximum atomic E-state index is 4.59. The van der Waals surface area contributed by atoms with Crippen LogP contribution in [-0.2, 0) is 0 Å². The van der Waals surface area contributed by atoms with E-state index >= 15 is 0 Å². The van der Waals surface area contributed by atoms with E-state index < -0.39 is 0 Å². The van der Waals surface area contributed by atoms with Crippen molar-refractivity contribution in [2.24, 2.45) is 0 Å². The van der Waals surface area contributed by atoms with E-state index in [2.05, 4.69) is 65.6 Å². The molecule has 4 aromatic rings. The zero-order valence-electron chi connectivity index (χ0n) is 13.0. The lowest BCUT2D eigenvalue weighted by Gasteiger charge is -2.06. The van der Waals surface area contributed by atoms with Gasteiger partial charge in [0.15, 0.2) is 0 Å². The third-order valence-electron chi connectivity index (χ3n) is 4.04. The summed E-state index contributed by atoms with van der Waals surface area (Å²) in [5.74, 6) is 0. The summed E-state index contributed by atoms with van der Waals surface area (Å²) < 4.78 is 1.29. The fourth-order valence-electron chi connectivity index (χ4n) is 2.57. The van der Waals surface area contributed by atoms with E-state index in [4.69, 9.17) is 0 Å². The number of aromatic amines is 1. The number of aryl methyl sites for hydroxylation is 2. The molecule has 0 aliphatic carbocycles. The molecule has 0 unspecified atom stereocenters. The molecule has 23 heavy (non-hydrogen) atoms. The van der Waals surface area contributed by atoms with Crippen LogP contribution in [0.2, 0.25) is 0 Å². The van der Waals surface area contributed by atoms with E-state index in [1.54, 1.807) is 23.1 Å². The zero-order valence-corrected chi connectivity index (χ0v) is 14.6. The predicted octanol–water partition coefficient (Wildman–Crippen LogP) is 6.06. The number of nitrogens with zero attached hydrogens (tertiary/aromatic N) is 1. The van der Waals surface area contributed by atoms with E-state index in [0.29, 0.717) is 0 Å². The number of hydrogen-bond acceptors (Lipinski definition) is 3. The fraction of sp³-hybridized carbons (Fsp3) is 0.105. The van der Waals surface area contributed by atoms with Gasteiger partial charge < -0.3 is 4.98 Å². The molecule has 1 aromatic carbocycles. The maximum absolute atomic E-state index is 4.59. The van der Waals surface area contributed by atoms with Crippen LogP contribution in [0.25, 0.3) is 22.2 Å². The number of H-pyrrole nitrogens is 1. The molecule has 0 radical (unpaired) electrons. The van der Waals surface area contributed by atoms with Gasteiger partial charge in [0.25, 0.3) is 0 Å². The van der Waals surface area contributed by atoms with E-state index in [1.807, 2.05) is 12.4 Å². The summed E-state index contributed by atoms with van der Waals surface area (Å²) >= 11 is 3.55. The summed E-state index contributed by atoms with van der Waals surface area (Å²) in [6, 6.07) is 13.0. The Hall–Kier alpha value is -2.04. The fourth-order valence-corrected chi connectivity index (χ4v) is 4.40. The molecule has 0 bridgehead atoms. The van der Waals surface area contributed by atoms with Crippen molar-refractivity contribution < 1.29 is 0 Å². The largest absolute Gasteiger partial charge is 0.345 e. The Morgan fingerprint density at radius 2 is 1.96 bits per heavy atom. The van der Waals surface area contributed by atoms with Gasteiger partial charge >= 0.3 is 0 Å². The zero-order chi connectivity index (χ0) is 15.8. The monoisotopic (exact) mass is 336 g/mol. The molecule has 0 aliphatic rings. The van der Waals surface area contributed by atoms with E-state index in [0.717, 1.165) is 11.2 Å². The standard InChI is InChI=1S/C19H16N2S2/c1-12-5-6-14(8-13(12)2)15-9-16-17(11-21-19(16)20-10-15)23-18-4-3-7-22-18/h3-11H,1-2H3,(H,20,21). The summed E-state index contributed by atoms with van der Waals surface area (Å²) in [7, 11) is 0. The van der Waals surface area contributed by atoms with Crippen LogP contribution in [-0.4, -0.2) is 9.97 Å². The first-order valence-corrected chi connectivity index (χ1v) is 9.16. The summed E-state index contributed by atoms with van der Waals surface area (Å²) in [5.41, 5.74) is 5.95. The Balaban J connectivity index is 1.78. The van der Waals surface area contributed by atoms with Gasteiger partial charge in [-0.25, -0.2) is 4.98 Å². The molecule has 4 rings (SSSR count). The molecule has 4 heteroatoms. The van der Waals surface area contributed by atoms with E-state index in [1.165, 1.54) is 31.2 Å². The van der Waals surface area contributed by atoms with Gasteiger partial charge in [0.05, 0.1) is 4.21 Å². The molecule has 0 aliphatic heterocycles. The normalized spacial score (nSPS) is 11.2. The van der Waals surface area contributed by atoms with Crippen molar-refractivity contribution in [3.05, 3.63) is 65.3 Å². The van der Waals surface area contributed by atoms with Crippen molar-refractivity contribution in [1.82, 2.24) is 9.97 Å². The Labute approximate surface area is 143 Å².